The van der Waals surface area contributed by atoms with Crippen molar-refractivity contribution < 1.29 is 13.2 Å². The zero-order valence-corrected chi connectivity index (χ0v) is 16.6. The summed E-state index contributed by atoms with van der Waals surface area (Å²) < 4.78 is 28.9. The fourth-order valence-electron chi connectivity index (χ4n) is 3.32. The number of hydrogen-bond donors (Lipinski definition) is 0. The van der Waals surface area contributed by atoms with Gasteiger partial charge >= 0.3 is 0 Å². The van der Waals surface area contributed by atoms with Crippen molar-refractivity contribution in [2.24, 2.45) is 0 Å². The zero-order valence-electron chi connectivity index (χ0n) is 15.0. The number of sulfonamides is 1. The van der Waals surface area contributed by atoms with Gasteiger partial charge in [0.2, 0.25) is 15.9 Å². The first-order chi connectivity index (χ1) is 13.4. The van der Waals surface area contributed by atoms with Crippen LogP contribution < -0.4 is 0 Å². The van der Waals surface area contributed by atoms with E-state index in [0.29, 0.717) is 18.1 Å². The second kappa shape index (κ2) is 7.54. The molecule has 2 heterocycles. The summed E-state index contributed by atoms with van der Waals surface area (Å²) in [6.45, 7) is 1.31. The second-order valence-electron chi connectivity index (χ2n) is 6.65. The lowest BCUT2D eigenvalue weighted by Gasteiger charge is -2.34. The van der Waals surface area contributed by atoms with Gasteiger partial charge < -0.3 is 4.90 Å². The molecule has 0 N–H and O–H groups in total. The maximum absolute atomic E-state index is 13.0. The van der Waals surface area contributed by atoms with E-state index in [-0.39, 0.29) is 30.4 Å². The Hall–Kier alpha value is -2.42. The molecule has 1 aliphatic heterocycles. The molecule has 0 bridgehead atoms. The molecule has 0 atom stereocenters. The van der Waals surface area contributed by atoms with Crippen molar-refractivity contribution in [3.63, 3.8) is 0 Å². The number of rotatable bonds is 4. The molecule has 1 aliphatic rings. The van der Waals surface area contributed by atoms with E-state index in [1.54, 1.807) is 23.2 Å². The van der Waals surface area contributed by atoms with Gasteiger partial charge in [0.15, 0.2) is 0 Å². The van der Waals surface area contributed by atoms with Crippen molar-refractivity contribution in [2.75, 3.05) is 26.2 Å². The number of carbonyl (C=O) groups excluding carboxylic acids is 1. The van der Waals surface area contributed by atoms with Gasteiger partial charge in [-0.25, -0.2) is 8.42 Å². The molecule has 7 nitrogen and oxygen atoms in total. The average Bonchev–Trinajstić information content (AvgIpc) is 3.12. The molecular formula is C19H19ClN4O3S. The van der Waals surface area contributed by atoms with Crippen LogP contribution in [0, 0.1) is 0 Å². The van der Waals surface area contributed by atoms with Crippen LogP contribution in [0.25, 0.3) is 10.8 Å². The van der Waals surface area contributed by atoms with E-state index in [1.165, 1.54) is 15.2 Å². The summed E-state index contributed by atoms with van der Waals surface area (Å²) in [4.78, 5) is 14.3. The Labute approximate surface area is 168 Å². The predicted molar refractivity (Wildman–Crippen MR) is 107 cm³/mol. The molecule has 2 aromatic carbocycles. The monoisotopic (exact) mass is 418 g/mol. The van der Waals surface area contributed by atoms with E-state index in [2.05, 4.69) is 5.10 Å². The SMILES string of the molecule is O=C(Cn1cc(Cl)cn1)N1CCN(S(=O)(=O)c2ccc3ccccc3c2)CC1. The molecule has 1 aromatic heterocycles. The first kappa shape index (κ1) is 18.9. The quantitative estimate of drug-likeness (QED) is 0.651. The highest BCUT2D eigenvalue weighted by Gasteiger charge is 2.30. The van der Waals surface area contributed by atoms with E-state index in [1.807, 2.05) is 30.3 Å². The molecule has 1 fully saturated rings. The lowest BCUT2D eigenvalue weighted by molar-refractivity contribution is -0.133. The minimum atomic E-state index is -3.60. The number of fused-ring (bicyclic) bond motifs is 1. The number of benzene rings is 2. The molecule has 28 heavy (non-hydrogen) atoms. The normalized spacial score (nSPS) is 15.8. The van der Waals surface area contributed by atoms with Crippen molar-refractivity contribution in [2.45, 2.75) is 11.4 Å². The van der Waals surface area contributed by atoms with Gasteiger partial charge in [-0.15, -0.1) is 0 Å². The molecule has 0 saturated carbocycles. The summed E-state index contributed by atoms with van der Waals surface area (Å²) in [5.41, 5.74) is 0. The van der Waals surface area contributed by atoms with Gasteiger partial charge in [-0.3, -0.25) is 9.48 Å². The molecule has 4 rings (SSSR count). The number of amides is 1. The second-order valence-corrected chi connectivity index (χ2v) is 9.02. The number of piperazine rings is 1. The smallest absolute Gasteiger partial charge is 0.244 e. The highest BCUT2D eigenvalue weighted by Crippen LogP contribution is 2.23. The summed E-state index contributed by atoms with van der Waals surface area (Å²) in [6.07, 6.45) is 3.06. The third-order valence-corrected chi connectivity index (χ3v) is 6.94. The van der Waals surface area contributed by atoms with Gasteiger partial charge in [0.05, 0.1) is 16.1 Å². The van der Waals surface area contributed by atoms with Gasteiger partial charge in [0, 0.05) is 32.4 Å². The Morgan fingerprint density at radius 1 is 1.04 bits per heavy atom. The van der Waals surface area contributed by atoms with Crippen molar-refractivity contribution in [1.29, 1.82) is 0 Å². The molecule has 9 heteroatoms. The zero-order chi connectivity index (χ0) is 19.7. The molecular weight excluding hydrogens is 400 g/mol. The van der Waals surface area contributed by atoms with Crippen LogP contribution in [0.1, 0.15) is 0 Å². The molecule has 0 unspecified atom stereocenters. The molecule has 0 radical (unpaired) electrons. The van der Waals surface area contributed by atoms with Crippen LogP contribution in [0.5, 0.6) is 0 Å². The largest absolute Gasteiger partial charge is 0.338 e. The lowest BCUT2D eigenvalue weighted by Crippen LogP contribution is -2.51. The van der Waals surface area contributed by atoms with E-state index in [0.717, 1.165) is 10.8 Å². The molecule has 1 amide bonds. The molecule has 0 spiro atoms. The molecule has 0 aliphatic carbocycles. The summed E-state index contributed by atoms with van der Waals surface area (Å²) >= 11 is 5.81. The third-order valence-electron chi connectivity index (χ3n) is 4.85. The van der Waals surface area contributed by atoms with Gasteiger partial charge in [0.1, 0.15) is 6.54 Å². The van der Waals surface area contributed by atoms with Crippen molar-refractivity contribution >= 4 is 38.3 Å². The van der Waals surface area contributed by atoms with Crippen molar-refractivity contribution in [3.05, 3.63) is 59.9 Å². The summed E-state index contributed by atoms with van der Waals surface area (Å²) in [5, 5.41) is 6.35. The summed E-state index contributed by atoms with van der Waals surface area (Å²) in [7, 11) is -3.60. The average molecular weight is 419 g/mol. The molecule has 146 valence electrons. The fourth-order valence-corrected chi connectivity index (χ4v) is 4.93. The topological polar surface area (TPSA) is 75.5 Å². The Morgan fingerprint density at radius 3 is 2.43 bits per heavy atom. The fraction of sp³-hybridized carbons (Fsp3) is 0.263. The van der Waals surface area contributed by atoms with Crippen molar-refractivity contribution in [1.82, 2.24) is 19.0 Å². The van der Waals surface area contributed by atoms with Crippen LogP contribution in [0.15, 0.2) is 59.8 Å². The molecule has 3 aromatic rings. The van der Waals surface area contributed by atoms with Crippen LogP contribution in [-0.2, 0) is 21.4 Å². The van der Waals surface area contributed by atoms with Gasteiger partial charge in [0.25, 0.3) is 0 Å². The summed E-state index contributed by atoms with van der Waals surface area (Å²) in [5.74, 6) is -0.109. The van der Waals surface area contributed by atoms with Gasteiger partial charge in [-0.2, -0.15) is 9.40 Å². The van der Waals surface area contributed by atoms with E-state index in [4.69, 9.17) is 11.6 Å². The van der Waals surface area contributed by atoms with Crippen LogP contribution in [0.2, 0.25) is 5.02 Å². The lowest BCUT2D eigenvalue weighted by atomic mass is 10.1. The first-order valence-corrected chi connectivity index (χ1v) is 10.7. The third kappa shape index (κ3) is 3.76. The number of aromatic nitrogens is 2. The minimum absolute atomic E-state index is 0.0874. The van der Waals surface area contributed by atoms with E-state index < -0.39 is 10.0 Å². The van der Waals surface area contributed by atoms with Gasteiger partial charge in [-0.1, -0.05) is 41.9 Å². The van der Waals surface area contributed by atoms with E-state index >= 15 is 0 Å². The Balaban J connectivity index is 1.43. The maximum atomic E-state index is 13.0. The number of halogens is 1. The highest BCUT2D eigenvalue weighted by molar-refractivity contribution is 7.89. The minimum Gasteiger partial charge on any atom is -0.338 e. The number of carbonyl (C=O) groups is 1. The molecule has 1 saturated heterocycles. The van der Waals surface area contributed by atoms with Crippen molar-refractivity contribution in [3.8, 4) is 0 Å². The van der Waals surface area contributed by atoms with Crippen LogP contribution in [-0.4, -0.2) is 59.5 Å². The first-order valence-electron chi connectivity index (χ1n) is 8.88. The maximum Gasteiger partial charge on any atom is 0.244 e. The summed E-state index contributed by atoms with van der Waals surface area (Å²) in [6, 6.07) is 12.8. The Kier molecular flexibility index (Phi) is 5.09. The standard InChI is InChI=1S/C19H19ClN4O3S/c20-17-12-21-23(13-17)14-19(25)22-7-9-24(10-8-22)28(26,27)18-6-5-15-3-1-2-4-16(15)11-18/h1-6,11-13H,7-10,14H2. The van der Waals surface area contributed by atoms with Gasteiger partial charge in [-0.05, 0) is 22.9 Å². The Morgan fingerprint density at radius 2 is 1.75 bits per heavy atom. The van der Waals surface area contributed by atoms with Crippen LogP contribution in [0.3, 0.4) is 0 Å². The number of nitrogens with zero attached hydrogens (tertiary/aromatic N) is 4. The predicted octanol–water partition coefficient (Wildman–Crippen LogP) is 2.22. The Bertz CT molecular complexity index is 1120. The van der Waals surface area contributed by atoms with E-state index in [9.17, 15) is 13.2 Å². The van der Waals surface area contributed by atoms with Crippen LogP contribution in [0.4, 0.5) is 0 Å². The highest BCUT2D eigenvalue weighted by atomic mass is 35.5. The van der Waals surface area contributed by atoms with Crippen LogP contribution >= 0.6 is 11.6 Å². The number of hydrogen-bond acceptors (Lipinski definition) is 4.